The maximum absolute atomic E-state index is 12.3. The normalized spacial score (nSPS) is 18.2. The zero-order valence-electron chi connectivity index (χ0n) is 12.3. The average Bonchev–Trinajstić information content (AvgIpc) is 2.56. The van der Waals surface area contributed by atoms with Gasteiger partial charge in [-0.25, -0.2) is 0 Å². The van der Waals surface area contributed by atoms with E-state index in [9.17, 15) is 9.59 Å². The highest BCUT2D eigenvalue weighted by Gasteiger charge is 2.20. The van der Waals surface area contributed by atoms with E-state index in [0.717, 1.165) is 24.2 Å². The van der Waals surface area contributed by atoms with E-state index in [4.69, 9.17) is 0 Å². The van der Waals surface area contributed by atoms with E-state index >= 15 is 0 Å². The molecule has 1 unspecified atom stereocenters. The van der Waals surface area contributed by atoms with Crippen molar-refractivity contribution < 1.29 is 9.59 Å². The molecule has 3 heteroatoms. The second kappa shape index (κ2) is 6.93. The molecule has 22 heavy (non-hydrogen) atoms. The number of rotatable bonds is 4. The molecule has 3 rings (SSSR count). The quantitative estimate of drug-likeness (QED) is 0.779. The third-order valence-electron chi connectivity index (χ3n) is 3.89. The Balaban J connectivity index is 1.67. The summed E-state index contributed by atoms with van der Waals surface area (Å²) in [4.78, 5) is 25.0. The van der Waals surface area contributed by atoms with Crippen molar-refractivity contribution in [3.8, 4) is 0 Å². The predicted octanol–water partition coefficient (Wildman–Crippen LogP) is 4.52. The van der Waals surface area contributed by atoms with Crippen LogP contribution in [0.2, 0.25) is 0 Å². The molecule has 2 aromatic rings. The number of benzene rings is 2. The van der Waals surface area contributed by atoms with E-state index in [-0.39, 0.29) is 5.78 Å². The molecule has 0 spiro atoms. The molecule has 0 aliphatic heterocycles. The molecule has 0 aromatic heterocycles. The van der Waals surface area contributed by atoms with Crippen molar-refractivity contribution in [2.75, 3.05) is 0 Å². The second-order valence-corrected chi connectivity index (χ2v) is 6.97. The second-order valence-electron chi connectivity index (χ2n) is 5.59. The fourth-order valence-corrected chi connectivity index (χ4v) is 3.95. The standard InChI is InChI=1S/C19H18O2S/c20-16-7-4-8-18(13-16)22-17-11-9-15(10-12-17)19(21)14-5-2-1-3-6-14/h1-3,5-6,9-12,18H,4,7-8,13H2. The number of thioether (sulfide) groups is 1. The Labute approximate surface area is 134 Å². The van der Waals surface area contributed by atoms with Crippen molar-refractivity contribution in [1.82, 2.24) is 0 Å². The maximum Gasteiger partial charge on any atom is 0.193 e. The Morgan fingerprint density at radius 3 is 2.32 bits per heavy atom. The third-order valence-corrected chi connectivity index (χ3v) is 5.17. The smallest absolute Gasteiger partial charge is 0.193 e. The van der Waals surface area contributed by atoms with Gasteiger partial charge in [-0.3, -0.25) is 9.59 Å². The lowest BCUT2D eigenvalue weighted by molar-refractivity contribution is -0.120. The summed E-state index contributed by atoms with van der Waals surface area (Å²) in [5, 5.41) is 0.386. The van der Waals surface area contributed by atoms with Gasteiger partial charge in [-0.2, -0.15) is 0 Å². The van der Waals surface area contributed by atoms with Crippen molar-refractivity contribution >= 4 is 23.3 Å². The predicted molar refractivity (Wildman–Crippen MR) is 89.4 cm³/mol. The van der Waals surface area contributed by atoms with Crippen LogP contribution in [-0.4, -0.2) is 16.8 Å². The molecule has 1 aliphatic carbocycles. The maximum atomic E-state index is 12.3. The minimum Gasteiger partial charge on any atom is -0.300 e. The number of Topliss-reactive ketones (excluding diaryl/α,β-unsaturated/α-hetero) is 1. The van der Waals surface area contributed by atoms with Crippen LogP contribution in [0.15, 0.2) is 59.5 Å². The van der Waals surface area contributed by atoms with E-state index in [1.165, 1.54) is 0 Å². The zero-order chi connectivity index (χ0) is 15.4. The topological polar surface area (TPSA) is 34.1 Å². The van der Waals surface area contributed by atoms with Gasteiger partial charge in [0.25, 0.3) is 0 Å². The summed E-state index contributed by atoms with van der Waals surface area (Å²) in [5.74, 6) is 0.421. The minimum absolute atomic E-state index is 0.0463. The molecule has 0 bridgehead atoms. The van der Waals surface area contributed by atoms with Gasteiger partial charge in [0, 0.05) is 34.1 Å². The summed E-state index contributed by atoms with van der Waals surface area (Å²) in [6.45, 7) is 0. The molecule has 0 heterocycles. The third kappa shape index (κ3) is 3.66. The Kier molecular flexibility index (Phi) is 4.74. The van der Waals surface area contributed by atoms with Gasteiger partial charge in [-0.1, -0.05) is 30.3 Å². The Hall–Kier alpha value is -1.87. The minimum atomic E-state index is 0.0463. The number of hydrogen-bond donors (Lipinski definition) is 0. The van der Waals surface area contributed by atoms with Gasteiger partial charge in [-0.15, -0.1) is 11.8 Å². The zero-order valence-corrected chi connectivity index (χ0v) is 13.1. The summed E-state index contributed by atoms with van der Waals surface area (Å²) < 4.78 is 0. The average molecular weight is 310 g/mol. The van der Waals surface area contributed by atoms with Gasteiger partial charge in [0.15, 0.2) is 5.78 Å². The molecule has 1 atom stereocenters. The molecular formula is C19H18O2S. The van der Waals surface area contributed by atoms with Crippen LogP contribution in [0.5, 0.6) is 0 Å². The van der Waals surface area contributed by atoms with Crippen molar-refractivity contribution in [2.45, 2.75) is 35.8 Å². The molecule has 1 saturated carbocycles. The van der Waals surface area contributed by atoms with E-state index in [1.807, 2.05) is 54.6 Å². The molecule has 0 saturated heterocycles. The highest BCUT2D eigenvalue weighted by molar-refractivity contribution is 8.00. The van der Waals surface area contributed by atoms with Crippen molar-refractivity contribution in [2.24, 2.45) is 0 Å². The molecule has 112 valence electrons. The van der Waals surface area contributed by atoms with Crippen LogP contribution in [0.3, 0.4) is 0 Å². The molecule has 1 fully saturated rings. The van der Waals surface area contributed by atoms with Crippen molar-refractivity contribution in [3.63, 3.8) is 0 Å². The van der Waals surface area contributed by atoms with Crippen LogP contribution in [0, 0.1) is 0 Å². The first kappa shape index (κ1) is 15.0. The number of carbonyl (C=O) groups excluding carboxylic acids is 2. The van der Waals surface area contributed by atoms with E-state index in [0.29, 0.717) is 28.6 Å². The molecule has 0 radical (unpaired) electrons. The summed E-state index contributed by atoms with van der Waals surface area (Å²) in [6.07, 6.45) is 3.51. The largest absolute Gasteiger partial charge is 0.300 e. The van der Waals surface area contributed by atoms with E-state index in [1.54, 1.807) is 11.8 Å². The fraction of sp³-hybridized carbons (Fsp3) is 0.263. The van der Waals surface area contributed by atoms with Gasteiger partial charge in [0.05, 0.1) is 0 Å². The van der Waals surface area contributed by atoms with Gasteiger partial charge in [0.2, 0.25) is 0 Å². The van der Waals surface area contributed by atoms with Crippen LogP contribution in [-0.2, 0) is 4.79 Å². The SMILES string of the molecule is O=C1CCCC(Sc2ccc(C(=O)c3ccccc3)cc2)C1. The van der Waals surface area contributed by atoms with E-state index < -0.39 is 0 Å². The number of carbonyl (C=O) groups is 2. The summed E-state index contributed by atoms with van der Waals surface area (Å²) >= 11 is 1.75. The first-order valence-electron chi connectivity index (χ1n) is 7.60. The Morgan fingerprint density at radius 2 is 1.64 bits per heavy atom. The summed E-state index contributed by atoms with van der Waals surface area (Å²) in [6, 6.07) is 17.0. The lowest BCUT2D eigenvalue weighted by atomic mass is 9.99. The lowest BCUT2D eigenvalue weighted by Gasteiger charge is -2.20. The molecular weight excluding hydrogens is 292 g/mol. The molecule has 1 aliphatic rings. The van der Waals surface area contributed by atoms with E-state index in [2.05, 4.69) is 0 Å². The molecule has 2 aromatic carbocycles. The van der Waals surface area contributed by atoms with Gasteiger partial charge in [0.1, 0.15) is 5.78 Å². The van der Waals surface area contributed by atoms with Gasteiger partial charge in [-0.05, 0) is 37.1 Å². The Bertz CT molecular complexity index is 662. The Morgan fingerprint density at radius 1 is 0.955 bits per heavy atom. The number of ketones is 2. The van der Waals surface area contributed by atoms with Crippen molar-refractivity contribution in [3.05, 3.63) is 65.7 Å². The molecule has 0 amide bonds. The van der Waals surface area contributed by atoms with Crippen LogP contribution in [0.4, 0.5) is 0 Å². The first-order valence-corrected chi connectivity index (χ1v) is 8.48. The lowest BCUT2D eigenvalue weighted by Crippen LogP contribution is -2.16. The number of hydrogen-bond acceptors (Lipinski definition) is 3. The highest BCUT2D eigenvalue weighted by Crippen LogP contribution is 2.32. The monoisotopic (exact) mass is 310 g/mol. The highest BCUT2D eigenvalue weighted by atomic mass is 32.2. The van der Waals surface area contributed by atoms with Crippen molar-refractivity contribution in [1.29, 1.82) is 0 Å². The summed E-state index contributed by atoms with van der Waals surface area (Å²) in [5.41, 5.74) is 1.41. The molecule has 2 nitrogen and oxygen atoms in total. The van der Waals surface area contributed by atoms with Crippen LogP contribution in [0.25, 0.3) is 0 Å². The van der Waals surface area contributed by atoms with Gasteiger partial charge < -0.3 is 0 Å². The first-order chi connectivity index (χ1) is 10.7. The van der Waals surface area contributed by atoms with Crippen LogP contribution >= 0.6 is 11.8 Å². The van der Waals surface area contributed by atoms with Gasteiger partial charge >= 0.3 is 0 Å². The fourth-order valence-electron chi connectivity index (χ4n) is 2.72. The van der Waals surface area contributed by atoms with Crippen LogP contribution in [0.1, 0.15) is 41.6 Å². The van der Waals surface area contributed by atoms with Crippen LogP contribution < -0.4 is 0 Å². The summed E-state index contributed by atoms with van der Waals surface area (Å²) in [7, 11) is 0. The molecule has 0 N–H and O–H groups in total.